The topological polar surface area (TPSA) is 81.2 Å². The van der Waals surface area contributed by atoms with E-state index in [1.165, 1.54) is 0 Å². The van der Waals surface area contributed by atoms with Crippen LogP contribution in [-0.2, 0) is 11.2 Å². The summed E-state index contributed by atoms with van der Waals surface area (Å²) in [6.07, 6.45) is 5.80. The first kappa shape index (κ1) is 18.7. The predicted octanol–water partition coefficient (Wildman–Crippen LogP) is 3.15. The van der Waals surface area contributed by atoms with Crippen molar-refractivity contribution < 1.29 is 14.3 Å². The summed E-state index contributed by atoms with van der Waals surface area (Å²) in [5.41, 5.74) is 2.43. The maximum atomic E-state index is 11.9. The van der Waals surface area contributed by atoms with Crippen molar-refractivity contribution in [2.75, 3.05) is 13.2 Å². The van der Waals surface area contributed by atoms with Crippen LogP contribution in [0.1, 0.15) is 21.8 Å². The molecule has 0 saturated heterocycles. The Balaban J connectivity index is 1.38. The maximum absolute atomic E-state index is 11.9. The van der Waals surface area contributed by atoms with Crippen molar-refractivity contribution in [3.63, 3.8) is 0 Å². The van der Waals surface area contributed by atoms with Crippen LogP contribution in [-0.4, -0.2) is 35.3 Å². The fraction of sp³-hybridized carbons (Fsp3) is 0.200. The number of aromatic nitrogens is 2. The number of thiazole rings is 1. The van der Waals surface area contributed by atoms with E-state index in [1.807, 2.05) is 17.5 Å². The molecule has 1 amide bonds. The van der Waals surface area contributed by atoms with E-state index in [2.05, 4.69) is 15.3 Å². The molecule has 0 bridgehead atoms. The summed E-state index contributed by atoms with van der Waals surface area (Å²) in [4.78, 5) is 31.4. The van der Waals surface area contributed by atoms with E-state index in [1.54, 1.807) is 48.0 Å². The average molecular weight is 381 g/mol. The smallest absolute Gasteiger partial charge is 0.257 e. The van der Waals surface area contributed by atoms with Gasteiger partial charge in [0.25, 0.3) is 5.91 Å². The van der Waals surface area contributed by atoms with Crippen LogP contribution < -0.4 is 10.1 Å². The molecule has 6 nitrogen and oxygen atoms in total. The summed E-state index contributed by atoms with van der Waals surface area (Å²) in [5, 5.41) is 5.88. The Morgan fingerprint density at radius 1 is 1.19 bits per heavy atom. The zero-order valence-electron chi connectivity index (χ0n) is 14.6. The van der Waals surface area contributed by atoms with Crippen LogP contribution >= 0.6 is 11.3 Å². The molecular weight excluding hydrogens is 362 g/mol. The molecule has 0 fully saturated rings. The normalized spacial score (nSPS) is 10.4. The predicted molar refractivity (Wildman–Crippen MR) is 104 cm³/mol. The minimum absolute atomic E-state index is 0.117. The van der Waals surface area contributed by atoms with E-state index in [0.717, 1.165) is 29.1 Å². The zero-order valence-corrected chi connectivity index (χ0v) is 15.4. The number of hydrogen-bond donors (Lipinski definition) is 1. The minimum Gasteiger partial charge on any atom is -0.483 e. The standard InChI is InChI=1S/C20H19N3O3S/c24-12-16-4-1-2-5-18(16)26-13-19(25)22-9-3-6-20-23-17(14-27-20)15-7-10-21-11-8-15/h1-2,4-5,7-8,10-12,14H,3,6,9,13H2,(H,22,25). The van der Waals surface area contributed by atoms with Gasteiger partial charge in [0.05, 0.1) is 16.3 Å². The quantitative estimate of drug-likeness (QED) is 0.455. The van der Waals surface area contributed by atoms with Gasteiger partial charge in [-0.05, 0) is 30.7 Å². The van der Waals surface area contributed by atoms with Crippen LogP contribution in [0.5, 0.6) is 5.75 Å². The van der Waals surface area contributed by atoms with E-state index >= 15 is 0 Å². The molecule has 0 aliphatic rings. The molecule has 7 heteroatoms. The molecule has 2 heterocycles. The Labute approximate surface area is 161 Å². The van der Waals surface area contributed by atoms with Gasteiger partial charge in [-0.15, -0.1) is 11.3 Å². The first-order valence-electron chi connectivity index (χ1n) is 8.55. The van der Waals surface area contributed by atoms with Crippen molar-refractivity contribution in [3.8, 4) is 17.0 Å². The Morgan fingerprint density at radius 3 is 2.81 bits per heavy atom. The van der Waals surface area contributed by atoms with Crippen LogP contribution in [0.15, 0.2) is 54.2 Å². The van der Waals surface area contributed by atoms with Crippen LogP contribution in [0.25, 0.3) is 11.3 Å². The highest BCUT2D eigenvalue weighted by atomic mass is 32.1. The fourth-order valence-electron chi connectivity index (χ4n) is 2.45. The molecule has 0 aliphatic carbocycles. The number of nitrogens with zero attached hydrogens (tertiary/aromatic N) is 2. The van der Waals surface area contributed by atoms with Crippen molar-refractivity contribution in [1.82, 2.24) is 15.3 Å². The van der Waals surface area contributed by atoms with Crippen LogP contribution in [0, 0.1) is 0 Å². The summed E-state index contributed by atoms with van der Waals surface area (Å²) in [5.74, 6) is 0.196. The Kier molecular flexibility index (Phi) is 6.65. The van der Waals surface area contributed by atoms with E-state index in [-0.39, 0.29) is 12.5 Å². The van der Waals surface area contributed by atoms with Crippen molar-refractivity contribution >= 4 is 23.5 Å². The molecule has 27 heavy (non-hydrogen) atoms. The van der Waals surface area contributed by atoms with Gasteiger partial charge >= 0.3 is 0 Å². The van der Waals surface area contributed by atoms with E-state index in [0.29, 0.717) is 24.1 Å². The van der Waals surface area contributed by atoms with Gasteiger partial charge in [-0.25, -0.2) is 4.98 Å². The zero-order chi connectivity index (χ0) is 18.9. The SMILES string of the molecule is O=Cc1ccccc1OCC(=O)NCCCc1nc(-c2ccncc2)cs1. The molecule has 1 N–H and O–H groups in total. The second kappa shape index (κ2) is 9.59. The molecule has 138 valence electrons. The van der Waals surface area contributed by atoms with Gasteiger partial charge in [-0.1, -0.05) is 12.1 Å². The van der Waals surface area contributed by atoms with Gasteiger partial charge in [0.15, 0.2) is 12.9 Å². The van der Waals surface area contributed by atoms with E-state index in [4.69, 9.17) is 4.74 Å². The van der Waals surface area contributed by atoms with E-state index < -0.39 is 0 Å². The molecule has 2 aromatic heterocycles. The first-order valence-corrected chi connectivity index (χ1v) is 9.43. The summed E-state index contributed by atoms with van der Waals surface area (Å²) in [7, 11) is 0. The van der Waals surface area contributed by atoms with Gasteiger partial charge in [-0.2, -0.15) is 0 Å². The molecule has 0 radical (unpaired) electrons. The van der Waals surface area contributed by atoms with Crippen molar-refractivity contribution in [1.29, 1.82) is 0 Å². The second-order valence-electron chi connectivity index (χ2n) is 5.76. The number of amides is 1. The van der Waals surface area contributed by atoms with Crippen LogP contribution in [0.3, 0.4) is 0 Å². The monoisotopic (exact) mass is 381 g/mol. The van der Waals surface area contributed by atoms with Gasteiger partial charge < -0.3 is 10.1 Å². The summed E-state index contributed by atoms with van der Waals surface area (Å²) in [6, 6.07) is 10.7. The van der Waals surface area contributed by atoms with Crippen molar-refractivity contribution in [2.24, 2.45) is 0 Å². The van der Waals surface area contributed by atoms with Gasteiger partial charge in [0, 0.05) is 36.3 Å². The number of pyridine rings is 1. The number of rotatable bonds is 9. The molecule has 0 aliphatic heterocycles. The highest BCUT2D eigenvalue weighted by molar-refractivity contribution is 7.09. The Morgan fingerprint density at radius 2 is 2.00 bits per heavy atom. The largest absolute Gasteiger partial charge is 0.483 e. The van der Waals surface area contributed by atoms with Crippen molar-refractivity contribution in [3.05, 3.63) is 64.7 Å². The van der Waals surface area contributed by atoms with Gasteiger partial charge in [0.1, 0.15) is 5.75 Å². The molecule has 0 atom stereocenters. The average Bonchev–Trinajstić information content (AvgIpc) is 3.19. The third kappa shape index (κ3) is 5.46. The molecule has 0 unspecified atom stereocenters. The first-order chi connectivity index (χ1) is 13.3. The fourth-order valence-corrected chi connectivity index (χ4v) is 3.30. The number of carbonyl (C=O) groups is 2. The highest BCUT2D eigenvalue weighted by Crippen LogP contribution is 2.21. The molecule has 0 saturated carbocycles. The number of nitrogens with one attached hydrogen (secondary N) is 1. The minimum atomic E-state index is -0.215. The Hall–Kier alpha value is -3.06. The molecule has 1 aromatic carbocycles. The third-order valence-electron chi connectivity index (χ3n) is 3.82. The lowest BCUT2D eigenvalue weighted by molar-refractivity contribution is -0.123. The Bertz CT molecular complexity index is 896. The molecular formula is C20H19N3O3S. The second-order valence-corrected chi connectivity index (χ2v) is 6.70. The van der Waals surface area contributed by atoms with E-state index in [9.17, 15) is 9.59 Å². The molecule has 3 rings (SSSR count). The number of benzene rings is 1. The number of aryl methyl sites for hydroxylation is 1. The third-order valence-corrected chi connectivity index (χ3v) is 4.73. The summed E-state index contributed by atoms with van der Waals surface area (Å²) < 4.78 is 5.40. The summed E-state index contributed by atoms with van der Waals surface area (Å²) >= 11 is 1.61. The number of aldehydes is 1. The highest BCUT2D eigenvalue weighted by Gasteiger charge is 2.07. The summed E-state index contributed by atoms with van der Waals surface area (Å²) in [6.45, 7) is 0.427. The van der Waals surface area contributed by atoms with Gasteiger partial charge in [0.2, 0.25) is 0 Å². The maximum Gasteiger partial charge on any atom is 0.257 e. The number of hydrogen-bond acceptors (Lipinski definition) is 6. The molecule has 0 spiro atoms. The lowest BCUT2D eigenvalue weighted by Crippen LogP contribution is -2.30. The van der Waals surface area contributed by atoms with Crippen LogP contribution in [0.4, 0.5) is 0 Å². The lowest BCUT2D eigenvalue weighted by Gasteiger charge is -2.08. The number of carbonyl (C=O) groups excluding carboxylic acids is 2. The lowest BCUT2D eigenvalue weighted by atomic mass is 10.2. The van der Waals surface area contributed by atoms with Crippen LogP contribution in [0.2, 0.25) is 0 Å². The molecule has 3 aromatic rings. The number of para-hydroxylation sites is 1. The van der Waals surface area contributed by atoms with Gasteiger partial charge in [-0.3, -0.25) is 14.6 Å². The number of ether oxygens (including phenoxy) is 1. The van der Waals surface area contributed by atoms with Crippen molar-refractivity contribution in [2.45, 2.75) is 12.8 Å².